The molecule has 1 N–H and O–H groups in total. The molecular formula is C22H28ClF3N2O. The molecule has 160 valence electrons. The zero-order valence-corrected chi connectivity index (χ0v) is 17.3. The molecule has 0 unspecified atom stereocenters. The van der Waals surface area contributed by atoms with E-state index >= 15 is 0 Å². The molecule has 1 aliphatic heterocycles. The first-order valence-electron chi connectivity index (χ1n) is 10.6. The number of carbonyl (C=O) groups excluding carboxylic acids is 1. The summed E-state index contributed by atoms with van der Waals surface area (Å²) in [5.41, 5.74) is 0.686. The highest BCUT2D eigenvalue weighted by atomic mass is 35.5. The van der Waals surface area contributed by atoms with Gasteiger partial charge >= 0.3 is 0 Å². The summed E-state index contributed by atoms with van der Waals surface area (Å²) >= 11 is 5.85. The van der Waals surface area contributed by atoms with Crippen LogP contribution in [-0.2, 0) is 4.79 Å². The lowest BCUT2D eigenvalue weighted by Crippen LogP contribution is -2.59. The van der Waals surface area contributed by atoms with Crippen LogP contribution in [-0.4, -0.2) is 36.4 Å². The average molecular weight is 429 g/mol. The lowest BCUT2D eigenvalue weighted by atomic mass is 9.65. The van der Waals surface area contributed by atoms with Crippen molar-refractivity contribution in [1.29, 1.82) is 0 Å². The molecule has 4 rings (SSSR count). The minimum Gasteiger partial charge on any atom is -0.326 e. The molecule has 3 aliphatic rings. The number of likely N-dealkylation sites (tertiary alicyclic amines) is 1. The predicted molar refractivity (Wildman–Crippen MR) is 108 cm³/mol. The van der Waals surface area contributed by atoms with Gasteiger partial charge < -0.3 is 10.2 Å². The van der Waals surface area contributed by atoms with Crippen molar-refractivity contribution in [2.75, 3.05) is 25.0 Å². The summed E-state index contributed by atoms with van der Waals surface area (Å²) < 4.78 is 40.0. The molecule has 2 saturated carbocycles. The number of carbonyl (C=O) groups is 1. The van der Waals surface area contributed by atoms with Crippen LogP contribution in [0.5, 0.6) is 0 Å². The molecule has 1 aromatic carbocycles. The van der Waals surface area contributed by atoms with Gasteiger partial charge in [0.2, 0.25) is 11.8 Å². The summed E-state index contributed by atoms with van der Waals surface area (Å²) in [7, 11) is 0. The highest BCUT2D eigenvalue weighted by Gasteiger charge is 2.46. The summed E-state index contributed by atoms with van der Waals surface area (Å²) in [6.07, 6.45) is 5.00. The van der Waals surface area contributed by atoms with E-state index in [1.54, 1.807) is 6.07 Å². The molecular weight excluding hydrogens is 401 g/mol. The van der Waals surface area contributed by atoms with E-state index in [1.807, 2.05) is 0 Å². The molecule has 0 radical (unpaired) electrons. The van der Waals surface area contributed by atoms with E-state index in [2.05, 4.69) is 10.2 Å². The molecule has 29 heavy (non-hydrogen) atoms. The maximum absolute atomic E-state index is 13.4. The second-order valence-electron chi connectivity index (χ2n) is 9.39. The normalized spacial score (nSPS) is 25.0. The number of hydrogen-bond acceptors (Lipinski definition) is 2. The topological polar surface area (TPSA) is 32.3 Å². The molecule has 2 aliphatic carbocycles. The summed E-state index contributed by atoms with van der Waals surface area (Å²) in [6, 6.07) is 4.04. The van der Waals surface area contributed by atoms with Crippen LogP contribution < -0.4 is 5.32 Å². The first-order valence-corrected chi connectivity index (χ1v) is 11.0. The fourth-order valence-electron chi connectivity index (χ4n) is 5.36. The number of nitrogens with zero attached hydrogens (tertiary/aromatic N) is 1. The van der Waals surface area contributed by atoms with E-state index in [9.17, 15) is 18.0 Å². The summed E-state index contributed by atoms with van der Waals surface area (Å²) in [5.74, 6) is -2.65. The van der Waals surface area contributed by atoms with Gasteiger partial charge in [-0.25, -0.2) is 13.2 Å². The zero-order chi connectivity index (χ0) is 20.6. The van der Waals surface area contributed by atoms with Crippen molar-refractivity contribution in [2.24, 2.45) is 17.3 Å². The van der Waals surface area contributed by atoms with Crippen LogP contribution >= 0.6 is 11.6 Å². The van der Waals surface area contributed by atoms with Gasteiger partial charge in [0, 0.05) is 49.1 Å². The smallest absolute Gasteiger partial charge is 0.248 e. The van der Waals surface area contributed by atoms with Crippen molar-refractivity contribution < 1.29 is 18.0 Å². The van der Waals surface area contributed by atoms with Crippen molar-refractivity contribution in [3.05, 3.63) is 29.0 Å². The Morgan fingerprint density at radius 3 is 2.34 bits per heavy atom. The largest absolute Gasteiger partial charge is 0.326 e. The van der Waals surface area contributed by atoms with E-state index in [4.69, 9.17) is 11.6 Å². The van der Waals surface area contributed by atoms with Crippen LogP contribution in [0.3, 0.4) is 0 Å². The molecule has 3 nitrogen and oxygen atoms in total. The predicted octanol–water partition coefficient (Wildman–Crippen LogP) is 5.74. The zero-order valence-electron chi connectivity index (χ0n) is 16.5. The quantitative estimate of drug-likeness (QED) is 0.663. The van der Waals surface area contributed by atoms with E-state index in [0.29, 0.717) is 24.4 Å². The molecule has 3 fully saturated rings. The number of hydrogen-bond donors (Lipinski definition) is 1. The molecule has 0 aromatic heterocycles. The van der Waals surface area contributed by atoms with Gasteiger partial charge in [-0.1, -0.05) is 11.6 Å². The SMILES string of the molecule is O=C(Nc1cc(F)cc(Cl)c1)C1CCC2(CC1)CN(CC1CCC(F)(F)CC1)C2. The van der Waals surface area contributed by atoms with Crippen LogP contribution in [0.2, 0.25) is 5.02 Å². The second-order valence-corrected chi connectivity index (χ2v) is 9.83. The monoisotopic (exact) mass is 428 g/mol. The van der Waals surface area contributed by atoms with Gasteiger partial charge in [-0.3, -0.25) is 4.79 Å². The Morgan fingerprint density at radius 2 is 1.72 bits per heavy atom. The number of alkyl halides is 2. The van der Waals surface area contributed by atoms with Gasteiger partial charge in [0.1, 0.15) is 5.82 Å². The molecule has 0 bridgehead atoms. The van der Waals surface area contributed by atoms with Crippen LogP contribution in [0.4, 0.5) is 18.9 Å². The number of halogens is 4. The molecule has 1 amide bonds. The third-order valence-corrected chi connectivity index (χ3v) is 7.24. The van der Waals surface area contributed by atoms with E-state index < -0.39 is 11.7 Å². The lowest BCUT2D eigenvalue weighted by molar-refractivity contribution is -0.123. The molecule has 1 aromatic rings. The number of nitrogens with one attached hydrogen (secondary N) is 1. The number of rotatable bonds is 4. The maximum atomic E-state index is 13.4. The van der Waals surface area contributed by atoms with Gasteiger partial charge in [0.15, 0.2) is 0 Å². The summed E-state index contributed by atoms with van der Waals surface area (Å²) in [6.45, 7) is 2.98. The molecule has 1 spiro atoms. The van der Waals surface area contributed by atoms with Gasteiger partial charge in [-0.2, -0.15) is 0 Å². The van der Waals surface area contributed by atoms with Crippen LogP contribution in [0.1, 0.15) is 51.4 Å². The van der Waals surface area contributed by atoms with E-state index in [1.165, 1.54) is 12.1 Å². The Bertz CT molecular complexity index is 726. The molecule has 1 heterocycles. The van der Waals surface area contributed by atoms with Crippen LogP contribution in [0.15, 0.2) is 18.2 Å². The Balaban J connectivity index is 1.20. The van der Waals surface area contributed by atoms with Gasteiger partial charge in [-0.05, 0) is 68.1 Å². The number of anilines is 1. The molecule has 1 saturated heterocycles. The Labute approximate surface area is 175 Å². The minimum absolute atomic E-state index is 0.0317. The maximum Gasteiger partial charge on any atom is 0.248 e. The van der Waals surface area contributed by atoms with Crippen molar-refractivity contribution in [3.63, 3.8) is 0 Å². The van der Waals surface area contributed by atoms with Crippen molar-refractivity contribution in [1.82, 2.24) is 4.90 Å². The highest BCUT2D eigenvalue weighted by Crippen LogP contribution is 2.47. The fourth-order valence-corrected chi connectivity index (χ4v) is 5.58. The third-order valence-electron chi connectivity index (χ3n) is 7.02. The second kappa shape index (κ2) is 8.10. The third kappa shape index (κ3) is 5.08. The first kappa shape index (κ1) is 21.0. The number of amides is 1. The van der Waals surface area contributed by atoms with Crippen molar-refractivity contribution >= 4 is 23.2 Å². The average Bonchev–Trinajstić information content (AvgIpc) is 2.61. The van der Waals surface area contributed by atoms with Gasteiger partial charge in [0.05, 0.1) is 0 Å². The summed E-state index contributed by atoms with van der Waals surface area (Å²) in [4.78, 5) is 14.9. The van der Waals surface area contributed by atoms with E-state index in [-0.39, 0.29) is 35.1 Å². The Kier molecular flexibility index (Phi) is 5.86. The standard InChI is InChI=1S/C22H28ClF3N2O/c23-17-9-18(24)11-19(10-17)27-20(29)16-3-5-21(6-4-16)13-28(14-21)12-15-1-7-22(25,26)8-2-15/h9-11,15-16H,1-8,12-14H2,(H,27,29). The number of benzene rings is 1. The van der Waals surface area contributed by atoms with Crippen molar-refractivity contribution in [2.45, 2.75) is 57.3 Å². The lowest BCUT2D eigenvalue weighted by Gasteiger charge is -2.54. The van der Waals surface area contributed by atoms with Gasteiger partial charge in [0.25, 0.3) is 0 Å². The Morgan fingerprint density at radius 1 is 1.07 bits per heavy atom. The van der Waals surface area contributed by atoms with Gasteiger partial charge in [-0.15, -0.1) is 0 Å². The molecule has 0 atom stereocenters. The minimum atomic E-state index is -2.46. The van der Waals surface area contributed by atoms with Crippen molar-refractivity contribution in [3.8, 4) is 0 Å². The van der Waals surface area contributed by atoms with Crippen LogP contribution in [0.25, 0.3) is 0 Å². The Hall–Kier alpha value is -1.27. The molecule has 7 heteroatoms. The summed E-state index contributed by atoms with van der Waals surface area (Å²) in [5, 5.41) is 3.05. The van der Waals surface area contributed by atoms with Crippen LogP contribution in [0, 0.1) is 23.1 Å². The highest BCUT2D eigenvalue weighted by molar-refractivity contribution is 6.30. The van der Waals surface area contributed by atoms with E-state index in [0.717, 1.165) is 45.3 Å². The fraction of sp³-hybridized carbons (Fsp3) is 0.682. The first-order chi connectivity index (χ1) is 13.7.